The number of hydrogen-bond acceptors (Lipinski definition) is 7. The fourth-order valence-corrected chi connectivity index (χ4v) is 4.25. The molecule has 3 atom stereocenters. The van der Waals surface area contributed by atoms with Gasteiger partial charge in [0.2, 0.25) is 0 Å². The Morgan fingerprint density at radius 2 is 1.85 bits per heavy atom. The Hall–Kier alpha value is -1.52. The number of hydrogen-bond donors (Lipinski definition) is 3. The van der Waals surface area contributed by atoms with Crippen molar-refractivity contribution in [2.75, 3.05) is 13.2 Å². The van der Waals surface area contributed by atoms with Crippen molar-refractivity contribution in [3.05, 3.63) is 32.6 Å². The Morgan fingerprint density at radius 3 is 2.50 bits per heavy atom. The van der Waals surface area contributed by atoms with E-state index in [4.69, 9.17) is 14.2 Å². The number of nitrogens with zero attached hydrogens (tertiary/aromatic N) is 1. The first-order valence-electron chi connectivity index (χ1n) is 9.01. The largest absolute Gasteiger partial charge is 0.393 e. The fraction of sp³-hybridized carbons (Fsp3) is 0.765. The van der Waals surface area contributed by atoms with Crippen LogP contribution in [0.15, 0.2) is 15.8 Å². The summed E-state index contributed by atoms with van der Waals surface area (Å²) in [6.45, 7) is 0.635. The standard InChI is InChI=1S/C17H24N2O7/c1-10-7-19(15(23)18-13(10)22)14-11-12(16(8-20,9-21)26-14)25-17(24-11)5-3-2-4-6-17/h7,11-12,14,20-21H,2-6,8-9H2,1H3,(H,18,22,23)/t11?,12-,14-/m1/s1. The number of H-pyrrole nitrogens is 1. The first kappa shape index (κ1) is 17.9. The van der Waals surface area contributed by atoms with Gasteiger partial charge in [0, 0.05) is 24.6 Å². The molecule has 1 aromatic rings. The van der Waals surface area contributed by atoms with Gasteiger partial charge in [-0.3, -0.25) is 14.3 Å². The molecule has 1 saturated carbocycles. The fourth-order valence-electron chi connectivity index (χ4n) is 4.25. The maximum atomic E-state index is 12.3. The number of aliphatic hydroxyl groups is 2. The molecule has 1 aliphatic carbocycles. The quantitative estimate of drug-likeness (QED) is 0.660. The predicted octanol–water partition coefficient (Wildman–Crippen LogP) is -0.458. The molecule has 144 valence electrons. The van der Waals surface area contributed by atoms with Gasteiger partial charge in [0.15, 0.2) is 12.0 Å². The number of aromatic nitrogens is 2. The number of fused-ring (bicyclic) bond motifs is 1. The molecule has 1 aromatic heterocycles. The molecule has 4 rings (SSSR count). The van der Waals surface area contributed by atoms with Crippen LogP contribution in [0.3, 0.4) is 0 Å². The van der Waals surface area contributed by atoms with Crippen molar-refractivity contribution < 1.29 is 24.4 Å². The van der Waals surface area contributed by atoms with E-state index in [0.717, 1.165) is 32.1 Å². The second kappa shape index (κ2) is 6.28. The van der Waals surface area contributed by atoms with Crippen LogP contribution in [0.5, 0.6) is 0 Å². The lowest BCUT2D eigenvalue weighted by Gasteiger charge is -2.36. The van der Waals surface area contributed by atoms with Crippen LogP contribution in [0.1, 0.15) is 43.9 Å². The first-order chi connectivity index (χ1) is 12.4. The van der Waals surface area contributed by atoms with Crippen LogP contribution in [-0.2, 0) is 14.2 Å². The van der Waals surface area contributed by atoms with Crippen molar-refractivity contribution in [3.63, 3.8) is 0 Å². The van der Waals surface area contributed by atoms with Gasteiger partial charge in [0.1, 0.15) is 17.8 Å². The number of aryl methyl sites for hydroxylation is 1. The van der Waals surface area contributed by atoms with Crippen LogP contribution in [0.25, 0.3) is 0 Å². The molecule has 0 radical (unpaired) electrons. The zero-order valence-electron chi connectivity index (χ0n) is 14.6. The normalized spacial score (nSPS) is 32.0. The van der Waals surface area contributed by atoms with Crippen molar-refractivity contribution in [2.24, 2.45) is 0 Å². The van der Waals surface area contributed by atoms with Gasteiger partial charge in [-0.1, -0.05) is 6.42 Å². The summed E-state index contributed by atoms with van der Waals surface area (Å²) in [5, 5.41) is 19.8. The third-order valence-electron chi connectivity index (χ3n) is 5.72. The van der Waals surface area contributed by atoms with Crippen LogP contribution < -0.4 is 11.2 Å². The molecule has 9 heteroatoms. The molecule has 3 N–H and O–H groups in total. The molecular formula is C17H24N2O7. The molecule has 3 heterocycles. The lowest BCUT2D eigenvalue weighted by Crippen LogP contribution is -2.50. The highest BCUT2D eigenvalue weighted by atomic mass is 16.8. The molecule has 2 saturated heterocycles. The van der Waals surface area contributed by atoms with Crippen molar-refractivity contribution in [1.29, 1.82) is 0 Å². The Kier molecular flexibility index (Phi) is 4.31. The Labute approximate surface area is 149 Å². The molecule has 3 aliphatic rings. The molecule has 0 bridgehead atoms. The van der Waals surface area contributed by atoms with Crippen LogP contribution in [0.4, 0.5) is 0 Å². The molecule has 1 unspecified atom stereocenters. The van der Waals surface area contributed by atoms with Gasteiger partial charge in [0.25, 0.3) is 5.56 Å². The number of rotatable bonds is 3. The predicted molar refractivity (Wildman–Crippen MR) is 88.6 cm³/mol. The first-order valence-corrected chi connectivity index (χ1v) is 9.01. The summed E-state index contributed by atoms with van der Waals surface area (Å²) in [6, 6.07) is 0. The summed E-state index contributed by atoms with van der Waals surface area (Å²) in [7, 11) is 0. The number of aliphatic hydroxyl groups excluding tert-OH is 2. The summed E-state index contributed by atoms with van der Waals surface area (Å²) in [6.07, 6.45) is 3.59. The maximum absolute atomic E-state index is 12.3. The van der Waals surface area contributed by atoms with Gasteiger partial charge in [-0.2, -0.15) is 0 Å². The van der Waals surface area contributed by atoms with E-state index in [1.165, 1.54) is 10.8 Å². The van der Waals surface area contributed by atoms with Gasteiger partial charge in [-0.05, 0) is 19.8 Å². The number of ether oxygens (including phenoxy) is 3. The van der Waals surface area contributed by atoms with Crippen molar-refractivity contribution in [2.45, 2.75) is 68.9 Å². The Balaban J connectivity index is 1.76. The maximum Gasteiger partial charge on any atom is 0.330 e. The minimum atomic E-state index is -1.38. The Bertz CT molecular complexity index is 791. The van der Waals surface area contributed by atoms with Crippen LogP contribution in [-0.4, -0.2) is 56.6 Å². The molecule has 0 amide bonds. The summed E-state index contributed by atoms with van der Waals surface area (Å²) in [5.41, 5.74) is -2.13. The van der Waals surface area contributed by atoms with Crippen LogP contribution >= 0.6 is 0 Å². The van der Waals surface area contributed by atoms with Gasteiger partial charge in [-0.15, -0.1) is 0 Å². The monoisotopic (exact) mass is 368 g/mol. The zero-order chi connectivity index (χ0) is 18.5. The highest BCUT2D eigenvalue weighted by Crippen LogP contribution is 2.51. The second-order valence-corrected chi connectivity index (χ2v) is 7.46. The lowest BCUT2D eigenvalue weighted by atomic mass is 9.94. The van der Waals surface area contributed by atoms with Crippen molar-refractivity contribution in [1.82, 2.24) is 9.55 Å². The van der Waals surface area contributed by atoms with Crippen LogP contribution in [0.2, 0.25) is 0 Å². The van der Waals surface area contributed by atoms with Crippen molar-refractivity contribution in [3.8, 4) is 0 Å². The van der Waals surface area contributed by atoms with E-state index < -0.39 is 54.3 Å². The van der Waals surface area contributed by atoms with Crippen LogP contribution in [0, 0.1) is 6.92 Å². The highest BCUT2D eigenvalue weighted by Gasteiger charge is 2.65. The molecule has 1 spiro atoms. The van der Waals surface area contributed by atoms with E-state index in [0.29, 0.717) is 5.56 Å². The Morgan fingerprint density at radius 1 is 1.15 bits per heavy atom. The minimum Gasteiger partial charge on any atom is -0.393 e. The SMILES string of the molecule is Cc1cn([C@@H]2OC(CO)(CO)[C@@H]3OC4(CCCCC4)OC23)c(=O)[nH]c1=O. The molecule has 3 fully saturated rings. The second-order valence-electron chi connectivity index (χ2n) is 7.46. The number of aromatic amines is 1. The summed E-state index contributed by atoms with van der Waals surface area (Å²) >= 11 is 0. The smallest absolute Gasteiger partial charge is 0.330 e. The topological polar surface area (TPSA) is 123 Å². The van der Waals surface area contributed by atoms with E-state index in [2.05, 4.69) is 4.98 Å². The molecule has 0 aromatic carbocycles. The summed E-state index contributed by atoms with van der Waals surface area (Å²) < 4.78 is 19.6. The van der Waals surface area contributed by atoms with Gasteiger partial charge in [0.05, 0.1) is 13.2 Å². The molecule has 26 heavy (non-hydrogen) atoms. The third-order valence-corrected chi connectivity index (χ3v) is 5.72. The van der Waals surface area contributed by atoms with E-state index in [-0.39, 0.29) is 0 Å². The molecule has 2 aliphatic heterocycles. The third kappa shape index (κ3) is 2.57. The minimum absolute atomic E-state index is 0.349. The molecule has 9 nitrogen and oxygen atoms in total. The summed E-state index contributed by atoms with van der Waals surface area (Å²) in [5.74, 6) is -0.772. The lowest BCUT2D eigenvalue weighted by molar-refractivity contribution is -0.258. The van der Waals surface area contributed by atoms with E-state index in [1.54, 1.807) is 6.92 Å². The number of nitrogens with one attached hydrogen (secondary N) is 1. The average Bonchev–Trinajstić information content (AvgIpc) is 3.13. The van der Waals surface area contributed by atoms with E-state index in [1.807, 2.05) is 0 Å². The van der Waals surface area contributed by atoms with Gasteiger partial charge < -0.3 is 24.4 Å². The van der Waals surface area contributed by atoms with Gasteiger partial charge in [-0.25, -0.2) is 4.79 Å². The highest BCUT2D eigenvalue weighted by molar-refractivity contribution is 5.09. The summed E-state index contributed by atoms with van der Waals surface area (Å²) in [4.78, 5) is 26.2. The van der Waals surface area contributed by atoms with Gasteiger partial charge >= 0.3 is 5.69 Å². The van der Waals surface area contributed by atoms with Crippen molar-refractivity contribution >= 4 is 0 Å². The van der Waals surface area contributed by atoms with E-state index in [9.17, 15) is 19.8 Å². The molecular weight excluding hydrogens is 344 g/mol. The zero-order valence-corrected chi connectivity index (χ0v) is 14.6. The average molecular weight is 368 g/mol. The van der Waals surface area contributed by atoms with E-state index >= 15 is 0 Å².